The number of anilines is 1. The Balaban J connectivity index is 1.71. The lowest BCUT2D eigenvalue weighted by Gasteiger charge is -2.40. The van der Waals surface area contributed by atoms with Gasteiger partial charge in [-0.15, -0.1) is 0 Å². The zero-order valence-electron chi connectivity index (χ0n) is 18.3. The Hall–Kier alpha value is -3.02. The number of ether oxygens (including phenoxy) is 2. The van der Waals surface area contributed by atoms with Crippen LogP contribution in [0.15, 0.2) is 48.5 Å². The number of carboxylic acid groups (broad SMARTS) is 1. The highest BCUT2D eigenvalue weighted by Gasteiger charge is 2.44. The highest BCUT2D eigenvalue weighted by atomic mass is 16.5. The van der Waals surface area contributed by atoms with Crippen molar-refractivity contribution < 1.29 is 24.2 Å². The van der Waals surface area contributed by atoms with E-state index in [-0.39, 0.29) is 18.9 Å². The van der Waals surface area contributed by atoms with Gasteiger partial charge in [0, 0.05) is 18.5 Å². The van der Waals surface area contributed by atoms with Gasteiger partial charge >= 0.3 is 5.97 Å². The summed E-state index contributed by atoms with van der Waals surface area (Å²) in [5.74, 6) is 0.245. The highest BCUT2D eigenvalue weighted by Crippen LogP contribution is 2.39. The quantitative estimate of drug-likeness (QED) is 0.521. The van der Waals surface area contributed by atoms with Gasteiger partial charge in [-0.1, -0.05) is 56.5 Å². The summed E-state index contributed by atoms with van der Waals surface area (Å²) in [6, 6.07) is 14.7. The van der Waals surface area contributed by atoms with E-state index < -0.39 is 11.6 Å². The maximum Gasteiger partial charge on any atom is 0.307 e. The summed E-state index contributed by atoms with van der Waals surface area (Å²) in [6.07, 6.45) is 4.58. The Bertz CT molecular complexity index is 912. The lowest BCUT2D eigenvalue weighted by Crippen LogP contribution is -2.55. The molecule has 6 nitrogen and oxygen atoms in total. The van der Waals surface area contributed by atoms with Crippen LogP contribution >= 0.6 is 0 Å². The van der Waals surface area contributed by atoms with Gasteiger partial charge in [-0.2, -0.15) is 0 Å². The number of unbranched alkanes of at least 4 members (excludes halogenated alkanes) is 3. The van der Waals surface area contributed by atoms with E-state index in [1.54, 1.807) is 31.2 Å². The van der Waals surface area contributed by atoms with Crippen LogP contribution in [-0.2, 0) is 16.0 Å². The minimum Gasteiger partial charge on any atom is -0.493 e. The molecule has 0 saturated carbocycles. The molecule has 31 heavy (non-hydrogen) atoms. The number of para-hydroxylation sites is 3. The van der Waals surface area contributed by atoms with Gasteiger partial charge in [-0.3, -0.25) is 9.59 Å². The molecule has 0 spiro atoms. The van der Waals surface area contributed by atoms with E-state index in [1.807, 2.05) is 29.2 Å². The van der Waals surface area contributed by atoms with Gasteiger partial charge in [-0.25, -0.2) is 0 Å². The third kappa shape index (κ3) is 5.57. The van der Waals surface area contributed by atoms with E-state index in [1.165, 1.54) is 0 Å². The van der Waals surface area contributed by atoms with Crippen molar-refractivity contribution >= 4 is 17.6 Å². The fraction of sp³-hybridized carbons (Fsp3) is 0.440. The van der Waals surface area contributed by atoms with Crippen LogP contribution in [0.25, 0.3) is 0 Å². The van der Waals surface area contributed by atoms with Gasteiger partial charge < -0.3 is 19.5 Å². The molecule has 1 N–H and O–H groups in total. The van der Waals surface area contributed by atoms with Crippen LogP contribution in [0.1, 0.15) is 51.5 Å². The van der Waals surface area contributed by atoms with Crippen molar-refractivity contribution in [3.63, 3.8) is 0 Å². The van der Waals surface area contributed by atoms with E-state index >= 15 is 0 Å². The lowest BCUT2D eigenvalue weighted by atomic mass is 9.97. The van der Waals surface area contributed by atoms with Gasteiger partial charge in [0.2, 0.25) is 0 Å². The largest absolute Gasteiger partial charge is 0.493 e. The molecule has 1 aliphatic heterocycles. The Morgan fingerprint density at radius 2 is 1.84 bits per heavy atom. The topological polar surface area (TPSA) is 76.1 Å². The second-order valence-electron chi connectivity index (χ2n) is 8.09. The van der Waals surface area contributed by atoms with Crippen LogP contribution in [-0.4, -0.2) is 35.7 Å². The van der Waals surface area contributed by atoms with Gasteiger partial charge in [0.15, 0.2) is 5.60 Å². The molecule has 0 bridgehead atoms. The zero-order chi connectivity index (χ0) is 22.3. The molecular formula is C25H31NO5. The number of carboxylic acids is 1. The van der Waals surface area contributed by atoms with Crippen LogP contribution in [0.4, 0.5) is 5.69 Å². The molecule has 0 aliphatic carbocycles. The minimum atomic E-state index is -1.04. The molecule has 1 heterocycles. The Morgan fingerprint density at radius 3 is 2.61 bits per heavy atom. The first-order valence-corrected chi connectivity index (χ1v) is 11.0. The fourth-order valence-corrected chi connectivity index (χ4v) is 3.83. The number of aliphatic carboxylic acids is 1. The number of fused-ring (bicyclic) bond motifs is 1. The van der Waals surface area contributed by atoms with Gasteiger partial charge in [0.1, 0.15) is 11.5 Å². The molecule has 2 aromatic carbocycles. The smallest absolute Gasteiger partial charge is 0.307 e. The van der Waals surface area contributed by atoms with E-state index in [2.05, 4.69) is 6.92 Å². The second kappa shape index (κ2) is 10.3. The van der Waals surface area contributed by atoms with Crippen molar-refractivity contribution in [2.75, 3.05) is 18.1 Å². The van der Waals surface area contributed by atoms with Crippen molar-refractivity contribution in [2.45, 2.75) is 58.0 Å². The molecule has 166 valence electrons. The van der Waals surface area contributed by atoms with E-state index in [9.17, 15) is 9.59 Å². The highest BCUT2D eigenvalue weighted by molar-refractivity contribution is 6.02. The molecule has 6 heteroatoms. The summed E-state index contributed by atoms with van der Waals surface area (Å²) < 4.78 is 12.0. The molecule has 1 aliphatic rings. The second-order valence-corrected chi connectivity index (χ2v) is 8.09. The first-order chi connectivity index (χ1) is 14.9. The SMILES string of the molecule is CCCCCCN1C(=O)C(C)(CCOc2ccccc2CC(=O)O)Oc2ccccc21. The van der Waals surface area contributed by atoms with Crippen molar-refractivity contribution in [3.05, 3.63) is 54.1 Å². The molecule has 0 fully saturated rings. The Kier molecular flexibility index (Phi) is 7.55. The number of nitrogens with zero attached hydrogens (tertiary/aromatic N) is 1. The van der Waals surface area contributed by atoms with Gasteiger partial charge in [0.25, 0.3) is 5.91 Å². The summed E-state index contributed by atoms with van der Waals surface area (Å²) in [4.78, 5) is 26.3. The number of hydrogen-bond acceptors (Lipinski definition) is 4. The Labute approximate surface area is 183 Å². The minimum absolute atomic E-state index is 0.0647. The van der Waals surface area contributed by atoms with Gasteiger partial charge in [-0.05, 0) is 31.5 Å². The molecule has 1 amide bonds. The molecule has 0 radical (unpaired) electrons. The standard InChI is InChI=1S/C25H31NO5/c1-3-4-5-10-16-26-20-12-7-9-14-22(20)31-25(2,24(26)29)15-17-30-21-13-8-6-11-19(21)18-23(27)28/h6-9,11-14H,3-5,10,15-18H2,1-2H3,(H,27,28). The summed E-state index contributed by atoms with van der Waals surface area (Å²) in [5, 5.41) is 9.10. The van der Waals surface area contributed by atoms with Crippen molar-refractivity contribution in [3.8, 4) is 11.5 Å². The van der Waals surface area contributed by atoms with E-state index in [4.69, 9.17) is 14.6 Å². The molecule has 0 saturated heterocycles. The summed E-state index contributed by atoms with van der Waals surface area (Å²) in [6.45, 7) is 4.87. The predicted molar refractivity (Wildman–Crippen MR) is 120 cm³/mol. The predicted octanol–water partition coefficient (Wildman–Crippen LogP) is 4.85. The van der Waals surface area contributed by atoms with E-state index in [0.717, 1.165) is 31.4 Å². The number of rotatable bonds is 11. The van der Waals surface area contributed by atoms with Crippen molar-refractivity contribution in [1.29, 1.82) is 0 Å². The number of carbonyl (C=O) groups excluding carboxylic acids is 1. The Morgan fingerprint density at radius 1 is 1.10 bits per heavy atom. The number of amides is 1. The first-order valence-electron chi connectivity index (χ1n) is 11.0. The average Bonchev–Trinajstić information content (AvgIpc) is 2.74. The van der Waals surface area contributed by atoms with Crippen LogP contribution < -0.4 is 14.4 Å². The fourth-order valence-electron chi connectivity index (χ4n) is 3.83. The van der Waals surface area contributed by atoms with E-state index in [0.29, 0.717) is 30.0 Å². The molecular weight excluding hydrogens is 394 g/mol. The van der Waals surface area contributed by atoms with Crippen LogP contribution in [0.5, 0.6) is 11.5 Å². The monoisotopic (exact) mass is 425 g/mol. The summed E-state index contributed by atoms with van der Waals surface area (Å²) in [5.41, 5.74) is 0.383. The summed E-state index contributed by atoms with van der Waals surface area (Å²) in [7, 11) is 0. The van der Waals surface area contributed by atoms with Gasteiger partial charge in [0.05, 0.1) is 18.7 Å². The van der Waals surface area contributed by atoms with Crippen LogP contribution in [0, 0.1) is 0 Å². The maximum atomic E-state index is 13.4. The lowest BCUT2D eigenvalue weighted by molar-refractivity contribution is -0.136. The van der Waals surface area contributed by atoms with Crippen LogP contribution in [0.2, 0.25) is 0 Å². The first kappa shape index (κ1) is 22.7. The normalized spacial score (nSPS) is 17.7. The third-order valence-corrected chi connectivity index (χ3v) is 5.58. The molecule has 1 atom stereocenters. The molecule has 2 aromatic rings. The molecule has 3 rings (SSSR count). The van der Waals surface area contributed by atoms with Crippen LogP contribution in [0.3, 0.4) is 0 Å². The van der Waals surface area contributed by atoms with Crippen molar-refractivity contribution in [1.82, 2.24) is 0 Å². The zero-order valence-corrected chi connectivity index (χ0v) is 18.3. The summed E-state index contributed by atoms with van der Waals surface area (Å²) >= 11 is 0. The molecule has 0 aromatic heterocycles. The number of benzene rings is 2. The molecule has 1 unspecified atom stereocenters. The van der Waals surface area contributed by atoms with Crippen molar-refractivity contribution in [2.24, 2.45) is 0 Å². The number of carbonyl (C=O) groups is 2. The average molecular weight is 426 g/mol. The maximum absolute atomic E-state index is 13.4. The third-order valence-electron chi connectivity index (χ3n) is 5.58. The number of hydrogen-bond donors (Lipinski definition) is 1.